The number of hydrogen-bond donors (Lipinski definition) is 2. The van der Waals surface area contributed by atoms with Crippen LogP contribution in [0.5, 0.6) is 5.75 Å². The van der Waals surface area contributed by atoms with Crippen molar-refractivity contribution in [3.8, 4) is 5.75 Å². The fourth-order valence-corrected chi connectivity index (χ4v) is 3.67. The molecule has 0 bridgehead atoms. The first-order chi connectivity index (χ1) is 15.1. The Morgan fingerprint density at radius 2 is 1.74 bits per heavy atom. The number of likely N-dealkylation sites (tertiary alicyclic amines) is 1. The number of nitrogens with one attached hydrogen (secondary N) is 2. The van der Waals surface area contributed by atoms with Gasteiger partial charge < -0.3 is 25.0 Å². The summed E-state index contributed by atoms with van der Waals surface area (Å²) in [5.41, 5.74) is 1.65. The normalized spacial score (nSPS) is 15.7. The van der Waals surface area contributed by atoms with Crippen LogP contribution >= 0.6 is 0 Å². The zero-order valence-electron chi connectivity index (χ0n) is 18.2. The van der Waals surface area contributed by atoms with Gasteiger partial charge in [-0.2, -0.15) is 0 Å². The van der Waals surface area contributed by atoms with Gasteiger partial charge in [-0.05, 0) is 50.7 Å². The summed E-state index contributed by atoms with van der Waals surface area (Å²) in [6.07, 6.45) is 1.50. The fraction of sp³-hybridized carbons (Fsp3) is 0.417. The molecule has 0 spiro atoms. The van der Waals surface area contributed by atoms with Gasteiger partial charge >= 0.3 is 6.09 Å². The van der Waals surface area contributed by atoms with E-state index in [1.165, 1.54) is 7.11 Å². The van der Waals surface area contributed by atoms with Crippen molar-refractivity contribution in [2.75, 3.05) is 39.1 Å². The highest BCUT2D eigenvalue weighted by Crippen LogP contribution is 2.31. The molecule has 1 heterocycles. The molecule has 31 heavy (non-hydrogen) atoms. The molecule has 2 N–H and O–H groups in total. The van der Waals surface area contributed by atoms with Crippen LogP contribution < -0.4 is 15.4 Å². The molecule has 1 saturated heterocycles. The Bertz CT molecular complexity index is 851. The lowest BCUT2D eigenvalue weighted by atomic mass is 9.96. The third-order valence-corrected chi connectivity index (χ3v) is 5.54. The predicted molar refractivity (Wildman–Crippen MR) is 120 cm³/mol. The molecule has 3 rings (SSSR count). The number of benzene rings is 2. The molecular formula is C24H31N3O4. The average molecular weight is 426 g/mol. The van der Waals surface area contributed by atoms with E-state index >= 15 is 0 Å². The second kappa shape index (κ2) is 11.4. The Balaban J connectivity index is 1.70. The van der Waals surface area contributed by atoms with Gasteiger partial charge in [-0.3, -0.25) is 4.79 Å². The van der Waals surface area contributed by atoms with Crippen molar-refractivity contribution < 1.29 is 19.1 Å². The van der Waals surface area contributed by atoms with E-state index in [4.69, 9.17) is 4.74 Å². The minimum Gasteiger partial charge on any atom is -0.483 e. The van der Waals surface area contributed by atoms with Gasteiger partial charge in [0, 0.05) is 18.9 Å². The SMILES string of the molecule is COC(=O)NCCC(Oc1ccccc1NC(=O)C1CCN(C)CC1)c1ccccc1. The molecule has 1 aliphatic heterocycles. The number of nitrogens with zero attached hydrogens (tertiary/aromatic N) is 1. The molecular weight excluding hydrogens is 394 g/mol. The number of amides is 2. The van der Waals surface area contributed by atoms with Crippen molar-refractivity contribution >= 4 is 17.7 Å². The second-order valence-corrected chi connectivity index (χ2v) is 7.79. The first kappa shape index (κ1) is 22.6. The number of piperidine rings is 1. The fourth-order valence-electron chi connectivity index (χ4n) is 3.67. The highest BCUT2D eigenvalue weighted by Gasteiger charge is 2.24. The summed E-state index contributed by atoms with van der Waals surface area (Å²) in [5.74, 6) is 0.655. The van der Waals surface area contributed by atoms with Crippen molar-refractivity contribution in [1.29, 1.82) is 0 Å². The first-order valence-corrected chi connectivity index (χ1v) is 10.7. The predicted octanol–water partition coefficient (Wildman–Crippen LogP) is 3.83. The number of para-hydroxylation sites is 2. The number of ether oxygens (including phenoxy) is 2. The first-order valence-electron chi connectivity index (χ1n) is 10.7. The van der Waals surface area contributed by atoms with E-state index < -0.39 is 6.09 Å². The van der Waals surface area contributed by atoms with Crippen molar-refractivity contribution in [3.63, 3.8) is 0 Å². The van der Waals surface area contributed by atoms with Crippen LogP contribution in [0.1, 0.15) is 30.9 Å². The minimum atomic E-state index is -0.474. The van der Waals surface area contributed by atoms with E-state index in [9.17, 15) is 9.59 Å². The summed E-state index contributed by atoms with van der Waals surface area (Å²) in [7, 11) is 3.42. The number of carbonyl (C=O) groups is 2. The third kappa shape index (κ3) is 6.72. The summed E-state index contributed by atoms with van der Waals surface area (Å²) in [4.78, 5) is 26.5. The monoisotopic (exact) mass is 425 g/mol. The number of alkyl carbamates (subject to hydrolysis) is 1. The molecule has 2 aromatic rings. The van der Waals surface area contributed by atoms with Gasteiger partial charge in [0.1, 0.15) is 11.9 Å². The molecule has 0 aromatic heterocycles. The Morgan fingerprint density at radius 1 is 1.06 bits per heavy atom. The minimum absolute atomic E-state index is 0.0124. The second-order valence-electron chi connectivity index (χ2n) is 7.79. The number of rotatable bonds is 8. The number of anilines is 1. The molecule has 7 nitrogen and oxygen atoms in total. The van der Waals surface area contributed by atoms with Crippen molar-refractivity contribution in [2.45, 2.75) is 25.4 Å². The maximum atomic E-state index is 12.8. The van der Waals surface area contributed by atoms with Gasteiger partial charge in [-0.1, -0.05) is 42.5 Å². The van der Waals surface area contributed by atoms with Crippen LogP contribution in [0.15, 0.2) is 54.6 Å². The zero-order chi connectivity index (χ0) is 22.1. The van der Waals surface area contributed by atoms with Crippen LogP contribution in [0.2, 0.25) is 0 Å². The molecule has 2 aromatic carbocycles. The average Bonchev–Trinajstić information content (AvgIpc) is 2.80. The number of methoxy groups -OCH3 is 1. The number of hydrogen-bond acceptors (Lipinski definition) is 5. The Kier molecular flexibility index (Phi) is 8.29. The molecule has 0 aliphatic carbocycles. The lowest BCUT2D eigenvalue weighted by Crippen LogP contribution is -2.36. The van der Waals surface area contributed by atoms with E-state index in [2.05, 4.69) is 27.3 Å². The molecule has 0 saturated carbocycles. The highest BCUT2D eigenvalue weighted by molar-refractivity contribution is 5.94. The molecule has 1 fully saturated rings. The summed E-state index contributed by atoms with van der Waals surface area (Å²) in [6, 6.07) is 17.3. The van der Waals surface area contributed by atoms with Crippen LogP contribution in [0, 0.1) is 5.92 Å². The van der Waals surface area contributed by atoms with Crippen LogP contribution in [0.4, 0.5) is 10.5 Å². The molecule has 2 amide bonds. The van der Waals surface area contributed by atoms with Gasteiger partial charge in [-0.25, -0.2) is 4.79 Å². The maximum absolute atomic E-state index is 12.8. The lowest BCUT2D eigenvalue weighted by molar-refractivity contribution is -0.121. The van der Waals surface area contributed by atoms with Crippen LogP contribution in [-0.2, 0) is 9.53 Å². The third-order valence-electron chi connectivity index (χ3n) is 5.54. The van der Waals surface area contributed by atoms with Gasteiger partial charge in [0.2, 0.25) is 5.91 Å². The largest absolute Gasteiger partial charge is 0.483 e. The van der Waals surface area contributed by atoms with Gasteiger partial charge in [0.05, 0.1) is 12.8 Å². The van der Waals surface area contributed by atoms with Crippen molar-refractivity contribution in [1.82, 2.24) is 10.2 Å². The molecule has 7 heteroatoms. The maximum Gasteiger partial charge on any atom is 0.406 e. The lowest BCUT2D eigenvalue weighted by Gasteiger charge is -2.28. The van der Waals surface area contributed by atoms with Gasteiger partial charge in [0.15, 0.2) is 0 Å². The molecule has 1 atom stereocenters. The van der Waals surface area contributed by atoms with Crippen LogP contribution in [0.25, 0.3) is 0 Å². The van der Waals surface area contributed by atoms with Crippen LogP contribution in [-0.4, -0.2) is 50.7 Å². The number of carbonyl (C=O) groups excluding carboxylic acids is 2. The molecule has 166 valence electrons. The van der Waals surface area contributed by atoms with Gasteiger partial charge in [0.25, 0.3) is 0 Å². The standard InChI is InChI=1S/C24H31N3O4/c1-27-16-13-19(14-17-27)23(28)26-20-10-6-7-11-22(20)31-21(12-15-25-24(29)30-2)18-8-4-3-5-9-18/h3-11,19,21H,12-17H2,1-2H3,(H,25,29)(H,26,28). The topological polar surface area (TPSA) is 79.9 Å². The van der Waals surface area contributed by atoms with Gasteiger partial charge in [-0.15, -0.1) is 0 Å². The molecule has 0 radical (unpaired) electrons. The smallest absolute Gasteiger partial charge is 0.406 e. The van der Waals surface area contributed by atoms with E-state index in [0.29, 0.717) is 24.4 Å². The van der Waals surface area contributed by atoms with E-state index in [1.807, 2.05) is 54.6 Å². The summed E-state index contributed by atoms with van der Waals surface area (Å²) >= 11 is 0. The van der Waals surface area contributed by atoms with Crippen molar-refractivity contribution in [2.24, 2.45) is 5.92 Å². The summed E-state index contributed by atoms with van der Waals surface area (Å²) in [5, 5.41) is 5.76. The quantitative estimate of drug-likeness (QED) is 0.672. The Hall–Kier alpha value is -3.06. The van der Waals surface area contributed by atoms with E-state index in [-0.39, 0.29) is 17.9 Å². The zero-order valence-corrected chi connectivity index (χ0v) is 18.2. The Morgan fingerprint density at radius 3 is 2.45 bits per heavy atom. The van der Waals surface area contributed by atoms with E-state index in [0.717, 1.165) is 31.5 Å². The molecule has 1 aliphatic rings. The Labute approximate surface area is 183 Å². The summed E-state index contributed by atoms with van der Waals surface area (Å²) < 4.78 is 11.0. The summed E-state index contributed by atoms with van der Waals surface area (Å²) in [6.45, 7) is 2.26. The highest BCUT2D eigenvalue weighted by atomic mass is 16.5. The molecule has 1 unspecified atom stereocenters. The van der Waals surface area contributed by atoms with E-state index in [1.54, 1.807) is 0 Å². The van der Waals surface area contributed by atoms with Crippen LogP contribution in [0.3, 0.4) is 0 Å². The van der Waals surface area contributed by atoms with Crippen molar-refractivity contribution in [3.05, 3.63) is 60.2 Å².